The minimum atomic E-state index is -0.520. The first-order valence-corrected chi connectivity index (χ1v) is 12.4. The van der Waals surface area contributed by atoms with Gasteiger partial charge in [-0.1, -0.05) is 78.9 Å². The predicted molar refractivity (Wildman–Crippen MR) is 142 cm³/mol. The molecular formula is C31H33NO3. The SMILES string of the molecule is CC(C)(C)OC(=O)N1CCC(c2ccc3ccccc3c2)C(OCc2ccc3ccccc3c2)C1. The number of likely N-dealkylation sites (tertiary alicyclic amines) is 1. The molecule has 0 aromatic heterocycles. The van der Waals surface area contributed by atoms with Crippen molar-refractivity contribution in [2.24, 2.45) is 0 Å². The highest BCUT2D eigenvalue weighted by Gasteiger charge is 2.35. The lowest BCUT2D eigenvalue weighted by Gasteiger charge is -2.39. The second-order valence-corrected chi connectivity index (χ2v) is 10.5. The van der Waals surface area contributed by atoms with Gasteiger partial charge in [-0.3, -0.25) is 0 Å². The summed E-state index contributed by atoms with van der Waals surface area (Å²) in [7, 11) is 0. The maximum Gasteiger partial charge on any atom is 0.410 e. The summed E-state index contributed by atoms with van der Waals surface area (Å²) >= 11 is 0. The summed E-state index contributed by atoms with van der Waals surface area (Å²) in [6.07, 6.45) is 0.442. The van der Waals surface area contributed by atoms with Crippen LogP contribution in [0.5, 0.6) is 0 Å². The van der Waals surface area contributed by atoms with Gasteiger partial charge in [0.25, 0.3) is 0 Å². The average molecular weight is 468 g/mol. The van der Waals surface area contributed by atoms with Crippen molar-refractivity contribution in [1.82, 2.24) is 4.90 Å². The molecule has 4 nitrogen and oxygen atoms in total. The van der Waals surface area contributed by atoms with Gasteiger partial charge in [0.05, 0.1) is 19.3 Å². The predicted octanol–water partition coefficient (Wildman–Crippen LogP) is 7.30. The Morgan fingerprint density at radius 1 is 0.857 bits per heavy atom. The molecule has 2 unspecified atom stereocenters. The molecule has 0 radical (unpaired) electrons. The van der Waals surface area contributed by atoms with Crippen molar-refractivity contribution < 1.29 is 14.3 Å². The second-order valence-electron chi connectivity index (χ2n) is 10.5. The third-order valence-electron chi connectivity index (χ3n) is 6.69. The number of ether oxygens (including phenoxy) is 2. The van der Waals surface area contributed by atoms with Crippen molar-refractivity contribution in [2.75, 3.05) is 13.1 Å². The third-order valence-corrected chi connectivity index (χ3v) is 6.69. The van der Waals surface area contributed by atoms with Crippen LogP contribution in [0, 0.1) is 0 Å². The zero-order valence-corrected chi connectivity index (χ0v) is 20.7. The number of carbonyl (C=O) groups excluding carboxylic acids is 1. The molecule has 0 saturated carbocycles. The number of carbonyl (C=O) groups is 1. The van der Waals surface area contributed by atoms with Gasteiger partial charge in [0, 0.05) is 12.5 Å². The van der Waals surface area contributed by atoms with Crippen molar-refractivity contribution in [3.05, 3.63) is 96.1 Å². The van der Waals surface area contributed by atoms with E-state index in [1.807, 2.05) is 20.8 Å². The van der Waals surface area contributed by atoms with Crippen molar-refractivity contribution in [3.8, 4) is 0 Å². The van der Waals surface area contributed by atoms with E-state index in [9.17, 15) is 4.79 Å². The van der Waals surface area contributed by atoms with Crippen LogP contribution >= 0.6 is 0 Å². The van der Waals surface area contributed by atoms with E-state index >= 15 is 0 Å². The molecule has 1 fully saturated rings. The molecule has 0 spiro atoms. The molecule has 1 heterocycles. The zero-order chi connectivity index (χ0) is 24.4. The van der Waals surface area contributed by atoms with Gasteiger partial charge in [-0.2, -0.15) is 0 Å². The number of piperidine rings is 1. The van der Waals surface area contributed by atoms with Crippen LogP contribution in [0.3, 0.4) is 0 Å². The molecule has 4 aromatic rings. The van der Waals surface area contributed by atoms with E-state index in [1.165, 1.54) is 27.1 Å². The number of amides is 1. The number of fused-ring (bicyclic) bond motifs is 2. The fourth-order valence-electron chi connectivity index (χ4n) is 4.93. The Hall–Kier alpha value is -3.37. The van der Waals surface area contributed by atoms with Crippen molar-refractivity contribution in [1.29, 1.82) is 0 Å². The zero-order valence-electron chi connectivity index (χ0n) is 20.7. The second kappa shape index (κ2) is 9.71. The standard InChI is InChI=1S/C31H33NO3/c1-31(2,3)35-30(33)32-17-16-28(27-15-14-24-9-5-7-11-26(24)19-27)29(20-32)34-21-22-12-13-23-8-4-6-10-25(23)18-22/h4-15,18-19,28-29H,16-17,20-21H2,1-3H3. The minimum absolute atomic E-state index is 0.121. The molecule has 2 atom stereocenters. The number of hydrogen-bond donors (Lipinski definition) is 0. The molecule has 5 rings (SSSR count). The van der Waals surface area contributed by atoms with E-state index in [4.69, 9.17) is 9.47 Å². The molecule has 4 heteroatoms. The van der Waals surface area contributed by atoms with Crippen molar-refractivity contribution in [2.45, 2.75) is 51.4 Å². The van der Waals surface area contributed by atoms with Gasteiger partial charge >= 0.3 is 6.09 Å². The molecule has 0 bridgehead atoms. The van der Waals surface area contributed by atoms with Gasteiger partial charge in [0.15, 0.2) is 0 Å². The van der Waals surface area contributed by atoms with Gasteiger partial charge in [0.2, 0.25) is 0 Å². The highest BCUT2D eigenvalue weighted by atomic mass is 16.6. The Morgan fingerprint density at radius 3 is 2.17 bits per heavy atom. The first-order chi connectivity index (χ1) is 16.9. The average Bonchev–Trinajstić information content (AvgIpc) is 2.86. The topological polar surface area (TPSA) is 38.8 Å². The van der Waals surface area contributed by atoms with Crippen LogP contribution in [0.1, 0.15) is 44.2 Å². The largest absolute Gasteiger partial charge is 0.444 e. The molecular weight excluding hydrogens is 434 g/mol. The van der Waals surface area contributed by atoms with E-state index < -0.39 is 5.60 Å². The van der Waals surface area contributed by atoms with Crippen LogP contribution in [0.4, 0.5) is 4.79 Å². The Labute approximate surface area is 207 Å². The maximum atomic E-state index is 12.8. The molecule has 1 aliphatic rings. The van der Waals surface area contributed by atoms with Crippen LogP contribution in [0.2, 0.25) is 0 Å². The lowest BCUT2D eigenvalue weighted by molar-refractivity contribution is -0.0359. The summed E-state index contributed by atoms with van der Waals surface area (Å²) in [5.74, 6) is 0.207. The molecule has 1 aliphatic heterocycles. The van der Waals surface area contributed by atoms with E-state index in [0.717, 1.165) is 12.0 Å². The molecule has 35 heavy (non-hydrogen) atoms. The Bertz CT molecular complexity index is 1340. The summed E-state index contributed by atoms with van der Waals surface area (Å²) in [5.41, 5.74) is 1.87. The minimum Gasteiger partial charge on any atom is -0.444 e. The number of hydrogen-bond acceptors (Lipinski definition) is 3. The molecule has 1 saturated heterocycles. The number of benzene rings is 4. The van der Waals surface area contributed by atoms with Crippen molar-refractivity contribution in [3.63, 3.8) is 0 Å². The van der Waals surface area contributed by atoms with Crippen LogP contribution < -0.4 is 0 Å². The quantitative estimate of drug-likeness (QED) is 0.316. The van der Waals surface area contributed by atoms with Crippen molar-refractivity contribution >= 4 is 27.6 Å². The normalized spacial score (nSPS) is 18.7. The fraction of sp³-hybridized carbons (Fsp3) is 0.323. The first-order valence-electron chi connectivity index (χ1n) is 12.4. The van der Waals surface area contributed by atoms with Gasteiger partial charge in [-0.15, -0.1) is 0 Å². The summed E-state index contributed by atoms with van der Waals surface area (Å²) in [6, 6.07) is 29.9. The van der Waals surface area contributed by atoms with Gasteiger partial charge in [-0.05, 0) is 65.9 Å². The van der Waals surface area contributed by atoms with E-state index in [1.54, 1.807) is 4.90 Å². The number of nitrogens with zero attached hydrogens (tertiary/aromatic N) is 1. The molecule has 0 aliphatic carbocycles. The fourth-order valence-corrected chi connectivity index (χ4v) is 4.93. The van der Waals surface area contributed by atoms with Crippen LogP contribution in [0.15, 0.2) is 84.9 Å². The van der Waals surface area contributed by atoms with Gasteiger partial charge < -0.3 is 14.4 Å². The van der Waals surface area contributed by atoms with Gasteiger partial charge in [0.1, 0.15) is 5.60 Å². The van der Waals surface area contributed by atoms with Crippen LogP contribution in [0.25, 0.3) is 21.5 Å². The summed E-state index contributed by atoms with van der Waals surface area (Å²) in [4.78, 5) is 14.6. The molecule has 180 valence electrons. The Kier molecular flexibility index (Phi) is 6.48. The summed E-state index contributed by atoms with van der Waals surface area (Å²) < 4.78 is 12.2. The highest BCUT2D eigenvalue weighted by Crippen LogP contribution is 2.33. The monoisotopic (exact) mass is 467 g/mol. The summed E-state index contributed by atoms with van der Waals surface area (Å²) in [6.45, 7) is 7.38. The van der Waals surface area contributed by atoms with E-state index in [0.29, 0.717) is 19.7 Å². The third kappa shape index (κ3) is 5.49. The lowest BCUT2D eigenvalue weighted by Crippen LogP contribution is -2.48. The van der Waals surface area contributed by atoms with E-state index in [2.05, 4.69) is 84.9 Å². The summed E-state index contributed by atoms with van der Waals surface area (Å²) in [5, 5.41) is 4.89. The Balaban J connectivity index is 1.39. The first kappa shape index (κ1) is 23.4. The van der Waals surface area contributed by atoms with Gasteiger partial charge in [-0.25, -0.2) is 4.79 Å². The Morgan fingerprint density at radius 2 is 1.49 bits per heavy atom. The lowest BCUT2D eigenvalue weighted by atomic mass is 9.86. The smallest absolute Gasteiger partial charge is 0.410 e. The van der Waals surface area contributed by atoms with Crippen LogP contribution in [-0.2, 0) is 16.1 Å². The molecule has 0 N–H and O–H groups in total. The molecule has 1 amide bonds. The highest BCUT2D eigenvalue weighted by molar-refractivity contribution is 5.83. The molecule has 4 aromatic carbocycles. The van der Waals surface area contributed by atoms with E-state index in [-0.39, 0.29) is 18.1 Å². The maximum absolute atomic E-state index is 12.8. The van der Waals surface area contributed by atoms with Crippen LogP contribution in [-0.4, -0.2) is 35.8 Å². The number of rotatable bonds is 4.